The number of hydrogen-bond acceptors (Lipinski definition) is 4. The van der Waals surface area contributed by atoms with Gasteiger partial charge in [0.25, 0.3) is 0 Å². The molecule has 0 fully saturated rings. The third-order valence-corrected chi connectivity index (χ3v) is 2.29. The van der Waals surface area contributed by atoms with Gasteiger partial charge in [0, 0.05) is 5.69 Å². The number of nitrogens with one attached hydrogen (secondary N) is 1. The van der Waals surface area contributed by atoms with Gasteiger partial charge in [0.2, 0.25) is 5.82 Å². The van der Waals surface area contributed by atoms with E-state index >= 15 is 0 Å². The van der Waals surface area contributed by atoms with Crippen molar-refractivity contribution in [2.24, 2.45) is 0 Å². The van der Waals surface area contributed by atoms with Gasteiger partial charge in [-0.15, -0.1) is 0 Å². The van der Waals surface area contributed by atoms with E-state index in [1.807, 2.05) is 6.92 Å². The summed E-state index contributed by atoms with van der Waals surface area (Å²) in [6.45, 7) is 3.86. The van der Waals surface area contributed by atoms with Gasteiger partial charge in [0.1, 0.15) is 5.52 Å². The monoisotopic (exact) mass is 239 g/mol. The number of ether oxygens (including phenoxy) is 1. The molecule has 2 aromatic heterocycles. The molecule has 0 aliphatic rings. The Hall–Kier alpha value is -1.62. The molecule has 0 aliphatic heterocycles. The number of aromatic nitrogens is 3. The Morgan fingerprint density at radius 1 is 1.56 bits per heavy atom. The molecule has 0 bridgehead atoms. The van der Waals surface area contributed by atoms with Crippen LogP contribution in [0.1, 0.15) is 23.2 Å². The third-order valence-electron chi connectivity index (χ3n) is 2.02. The first-order valence-electron chi connectivity index (χ1n) is 4.81. The van der Waals surface area contributed by atoms with Gasteiger partial charge in [-0.25, -0.2) is 14.8 Å². The number of imidazole rings is 1. The van der Waals surface area contributed by atoms with Gasteiger partial charge in [-0.3, -0.25) is 0 Å². The number of esters is 1. The number of H-pyrrole nitrogens is 1. The number of nitrogens with zero attached hydrogens (tertiary/aromatic N) is 2. The molecule has 0 saturated heterocycles. The van der Waals surface area contributed by atoms with E-state index in [0.717, 1.165) is 5.69 Å². The first kappa shape index (κ1) is 10.9. The summed E-state index contributed by atoms with van der Waals surface area (Å²) in [5.41, 5.74) is 1.92. The number of aromatic amines is 1. The second kappa shape index (κ2) is 4.09. The van der Waals surface area contributed by atoms with Crippen molar-refractivity contribution in [2.75, 3.05) is 6.61 Å². The Morgan fingerprint density at radius 2 is 2.31 bits per heavy atom. The lowest BCUT2D eigenvalue weighted by molar-refractivity contribution is 0.0514. The Balaban J connectivity index is 2.51. The predicted octanol–water partition coefficient (Wildman–Crippen LogP) is 2.10. The van der Waals surface area contributed by atoms with Crippen LogP contribution >= 0.6 is 11.6 Å². The fourth-order valence-corrected chi connectivity index (χ4v) is 1.67. The Bertz CT molecular complexity index is 550. The Morgan fingerprint density at radius 3 is 3.00 bits per heavy atom. The number of fused-ring (bicyclic) bond motifs is 1. The van der Waals surface area contributed by atoms with Gasteiger partial charge in [0.15, 0.2) is 5.15 Å². The van der Waals surface area contributed by atoms with Crippen LogP contribution < -0.4 is 0 Å². The number of carbonyl (C=O) groups is 1. The minimum absolute atomic E-state index is 0.145. The van der Waals surface area contributed by atoms with Crippen molar-refractivity contribution in [3.63, 3.8) is 0 Å². The number of rotatable bonds is 2. The summed E-state index contributed by atoms with van der Waals surface area (Å²) in [5.74, 6) is -0.349. The summed E-state index contributed by atoms with van der Waals surface area (Å²) in [7, 11) is 0. The van der Waals surface area contributed by atoms with E-state index in [0.29, 0.717) is 17.6 Å². The molecule has 2 heterocycles. The Kier molecular flexibility index (Phi) is 2.78. The van der Waals surface area contributed by atoms with Crippen LogP contribution in [0.3, 0.4) is 0 Å². The summed E-state index contributed by atoms with van der Waals surface area (Å²) < 4.78 is 4.83. The molecule has 1 N–H and O–H groups in total. The van der Waals surface area contributed by atoms with Crippen molar-refractivity contribution in [2.45, 2.75) is 13.8 Å². The quantitative estimate of drug-likeness (QED) is 0.644. The Labute approximate surface area is 96.8 Å². The zero-order chi connectivity index (χ0) is 11.7. The van der Waals surface area contributed by atoms with E-state index < -0.39 is 5.97 Å². The molecule has 16 heavy (non-hydrogen) atoms. The molecule has 0 aliphatic carbocycles. The van der Waals surface area contributed by atoms with Crippen LogP contribution in [-0.2, 0) is 4.74 Å². The standard InChI is InChI=1S/C10H10ClN3O2/c1-3-16-10(15)9-13-6-4-5(2)12-8(11)7(6)14-9/h4H,3H2,1-2H3,(H,13,14). The molecule has 0 unspecified atom stereocenters. The molecule has 0 atom stereocenters. The maximum absolute atomic E-state index is 11.4. The first-order chi connectivity index (χ1) is 7.61. The topological polar surface area (TPSA) is 67.9 Å². The van der Waals surface area contributed by atoms with Crippen molar-refractivity contribution in [1.29, 1.82) is 0 Å². The molecular formula is C10H10ClN3O2. The van der Waals surface area contributed by atoms with Crippen molar-refractivity contribution in [3.8, 4) is 0 Å². The second-order valence-corrected chi connectivity index (χ2v) is 3.61. The van der Waals surface area contributed by atoms with Gasteiger partial charge >= 0.3 is 5.97 Å². The van der Waals surface area contributed by atoms with Crippen LogP contribution in [0.25, 0.3) is 11.0 Å². The van der Waals surface area contributed by atoms with E-state index in [4.69, 9.17) is 16.3 Å². The van der Waals surface area contributed by atoms with E-state index in [1.165, 1.54) is 0 Å². The van der Waals surface area contributed by atoms with Crippen molar-refractivity contribution in [3.05, 3.63) is 22.7 Å². The van der Waals surface area contributed by atoms with E-state index in [2.05, 4.69) is 15.0 Å². The summed E-state index contributed by atoms with van der Waals surface area (Å²) in [4.78, 5) is 22.4. The lowest BCUT2D eigenvalue weighted by Gasteiger charge is -1.95. The van der Waals surface area contributed by atoms with Gasteiger partial charge in [-0.05, 0) is 19.9 Å². The zero-order valence-corrected chi connectivity index (χ0v) is 9.63. The summed E-state index contributed by atoms with van der Waals surface area (Å²) in [6.07, 6.45) is 0. The molecule has 0 radical (unpaired) electrons. The maximum atomic E-state index is 11.4. The summed E-state index contributed by atoms with van der Waals surface area (Å²) in [6, 6.07) is 1.77. The number of aryl methyl sites for hydroxylation is 1. The molecule has 0 saturated carbocycles. The van der Waals surface area contributed by atoms with Crippen LogP contribution in [0.4, 0.5) is 0 Å². The fourth-order valence-electron chi connectivity index (χ4n) is 1.39. The fraction of sp³-hybridized carbons (Fsp3) is 0.300. The van der Waals surface area contributed by atoms with E-state index in [9.17, 15) is 4.79 Å². The van der Waals surface area contributed by atoms with E-state index in [-0.39, 0.29) is 11.0 Å². The lowest BCUT2D eigenvalue weighted by atomic mass is 10.3. The highest BCUT2D eigenvalue weighted by molar-refractivity contribution is 6.33. The second-order valence-electron chi connectivity index (χ2n) is 3.26. The van der Waals surface area contributed by atoms with Crippen LogP contribution in [0, 0.1) is 6.92 Å². The summed E-state index contributed by atoms with van der Waals surface area (Å²) in [5, 5.41) is 0.279. The molecule has 0 aromatic carbocycles. The molecule has 5 nitrogen and oxygen atoms in total. The first-order valence-corrected chi connectivity index (χ1v) is 5.19. The third kappa shape index (κ3) is 1.86. The number of pyridine rings is 1. The molecular weight excluding hydrogens is 230 g/mol. The highest BCUT2D eigenvalue weighted by atomic mass is 35.5. The maximum Gasteiger partial charge on any atom is 0.374 e. The minimum atomic E-state index is -0.493. The molecule has 2 rings (SSSR count). The normalized spacial score (nSPS) is 10.7. The zero-order valence-electron chi connectivity index (χ0n) is 8.87. The smallest absolute Gasteiger partial charge is 0.374 e. The molecule has 84 valence electrons. The average Bonchev–Trinajstić information content (AvgIpc) is 2.62. The highest BCUT2D eigenvalue weighted by Gasteiger charge is 2.14. The largest absolute Gasteiger partial charge is 0.460 e. The van der Waals surface area contributed by atoms with E-state index in [1.54, 1.807) is 13.0 Å². The molecule has 2 aromatic rings. The number of halogens is 1. The van der Waals surface area contributed by atoms with Gasteiger partial charge in [0.05, 0.1) is 12.1 Å². The molecule has 6 heteroatoms. The average molecular weight is 240 g/mol. The van der Waals surface area contributed by atoms with Crippen molar-refractivity contribution >= 4 is 28.6 Å². The van der Waals surface area contributed by atoms with Gasteiger partial charge in [-0.2, -0.15) is 0 Å². The van der Waals surface area contributed by atoms with Crippen molar-refractivity contribution in [1.82, 2.24) is 15.0 Å². The van der Waals surface area contributed by atoms with Crippen LogP contribution in [0.15, 0.2) is 6.07 Å². The van der Waals surface area contributed by atoms with Crippen LogP contribution in [-0.4, -0.2) is 27.5 Å². The highest BCUT2D eigenvalue weighted by Crippen LogP contribution is 2.20. The van der Waals surface area contributed by atoms with Crippen LogP contribution in [0.5, 0.6) is 0 Å². The SMILES string of the molecule is CCOC(=O)c1nc2c(Cl)nc(C)cc2[nH]1. The molecule has 0 spiro atoms. The number of hydrogen-bond donors (Lipinski definition) is 1. The summed E-state index contributed by atoms with van der Waals surface area (Å²) >= 11 is 5.91. The van der Waals surface area contributed by atoms with Gasteiger partial charge in [-0.1, -0.05) is 11.6 Å². The van der Waals surface area contributed by atoms with Gasteiger partial charge < -0.3 is 9.72 Å². The van der Waals surface area contributed by atoms with Crippen LogP contribution in [0.2, 0.25) is 5.15 Å². The lowest BCUT2D eigenvalue weighted by Crippen LogP contribution is -2.06. The minimum Gasteiger partial charge on any atom is -0.460 e. The molecule has 0 amide bonds. The predicted molar refractivity (Wildman–Crippen MR) is 59.6 cm³/mol. The van der Waals surface area contributed by atoms with Crippen molar-refractivity contribution < 1.29 is 9.53 Å². The number of carbonyl (C=O) groups excluding carboxylic acids is 1.